The monoisotopic (exact) mass is 295 g/mol. The lowest BCUT2D eigenvalue weighted by molar-refractivity contribution is -0.123. The second-order valence-electron chi connectivity index (χ2n) is 5.32. The van der Waals surface area contributed by atoms with Crippen molar-refractivity contribution in [3.05, 3.63) is 23.2 Å². The average molecular weight is 296 g/mol. The van der Waals surface area contributed by atoms with Crippen molar-refractivity contribution < 1.29 is 9.59 Å². The predicted molar refractivity (Wildman–Crippen MR) is 80.0 cm³/mol. The highest BCUT2D eigenvalue weighted by Crippen LogP contribution is 2.29. The molecular weight excluding hydrogens is 278 g/mol. The summed E-state index contributed by atoms with van der Waals surface area (Å²) < 4.78 is 0. The number of amides is 2. The SMILES string of the molecule is CC(=O)Nc1ccc(NC(=O)C2(C)CCNC2)cc1Cl. The molecule has 20 heavy (non-hydrogen) atoms. The van der Waals surface area contributed by atoms with Crippen molar-refractivity contribution in [2.45, 2.75) is 20.3 Å². The Kier molecular flexibility index (Phi) is 4.30. The average Bonchev–Trinajstić information content (AvgIpc) is 2.81. The number of halogens is 1. The minimum absolute atomic E-state index is 0.0224. The Balaban J connectivity index is 2.08. The summed E-state index contributed by atoms with van der Waals surface area (Å²) >= 11 is 6.07. The van der Waals surface area contributed by atoms with Crippen LogP contribution in [0.25, 0.3) is 0 Å². The molecule has 3 N–H and O–H groups in total. The Morgan fingerprint density at radius 2 is 2.10 bits per heavy atom. The summed E-state index contributed by atoms with van der Waals surface area (Å²) in [7, 11) is 0. The number of carbonyl (C=O) groups excluding carboxylic acids is 2. The lowest BCUT2D eigenvalue weighted by Crippen LogP contribution is -2.35. The van der Waals surface area contributed by atoms with Crippen molar-refractivity contribution in [3.8, 4) is 0 Å². The molecular formula is C14H18ClN3O2. The molecule has 1 heterocycles. The normalized spacial score (nSPS) is 21.6. The first kappa shape index (κ1) is 14.8. The zero-order valence-electron chi connectivity index (χ0n) is 11.5. The lowest BCUT2D eigenvalue weighted by Gasteiger charge is -2.21. The van der Waals surface area contributed by atoms with Gasteiger partial charge in [-0.3, -0.25) is 9.59 Å². The van der Waals surface area contributed by atoms with Crippen molar-refractivity contribution in [2.75, 3.05) is 23.7 Å². The van der Waals surface area contributed by atoms with E-state index in [1.807, 2.05) is 6.92 Å². The van der Waals surface area contributed by atoms with E-state index in [1.54, 1.807) is 18.2 Å². The van der Waals surface area contributed by atoms with Gasteiger partial charge in [-0.05, 0) is 38.1 Å². The highest BCUT2D eigenvalue weighted by molar-refractivity contribution is 6.34. The second kappa shape index (κ2) is 5.81. The molecule has 1 aromatic rings. The maximum atomic E-state index is 12.2. The summed E-state index contributed by atoms with van der Waals surface area (Å²) in [6.07, 6.45) is 0.816. The van der Waals surface area contributed by atoms with Crippen LogP contribution < -0.4 is 16.0 Å². The predicted octanol–water partition coefficient (Wildman–Crippen LogP) is 2.24. The molecule has 6 heteroatoms. The van der Waals surface area contributed by atoms with Crippen LogP contribution in [0.4, 0.5) is 11.4 Å². The molecule has 108 valence electrons. The number of hydrogen-bond acceptors (Lipinski definition) is 3. The Labute approximate surface area is 123 Å². The molecule has 2 rings (SSSR count). The van der Waals surface area contributed by atoms with Crippen molar-refractivity contribution in [1.29, 1.82) is 0 Å². The molecule has 0 aliphatic carbocycles. The molecule has 1 atom stereocenters. The van der Waals surface area contributed by atoms with Gasteiger partial charge in [-0.15, -0.1) is 0 Å². The number of carbonyl (C=O) groups is 2. The Hall–Kier alpha value is -1.59. The van der Waals surface area contributed by atoms with Gasteiger partial charge in [-0.1, -0.05) is 11.6 Å². The molecule has 2 amide bonds. The second-order valence-corrected chi connectivity index (χ2v) is 5.72. The van der Waals surface area contributed by atoms with Crippen molar-refractivity contribution in [1.82, 2.24) is 5.32 Å². The minimum atomic E-state index is -0.386. The van der Waals surface area contributed by atoms with Crippen LogP contribution in [0.3, 0.4) is 0 Å². The quantitative estimate of drug-likeness (QED) is 0.801. The van der Waals surface area contributed by atoms with Gasteiger partial charge in [0, 0.05) is 19.2 Å². The fourth-order valence-corrected chi connectivity index (χ4v) is 2.40. The van der Waals surface area contributed by atoms with E-state index in [-0.39, 0.29) is 17.2 Å². The molecule has 0 spiro atoms. The van der Waals surface area contributed by atoms with Crippen molar-refractivity contribution >= 4 is 34.8 Å². The van der Waals surface area contributed by atoms with E-state index in [1.165, 1.54) is 6.92 Å². The van der Waals surface area contributed by atoms with Gasteiger partial charge >= 0.3 is 0 Å². The number of rotatable bonds is 3. The van der Waals surface area contributed by atoms with Gasteiger partial charge in [0.25, 0.3) is 0 Å². The fourth-order valence-electron chi connectivity index (χ4n) is 2.18. The topological polar surface area (TPSA) is 70.2 Å². The molecule has 5 nitrogen and oxygen atoms in total. The van der Waals surface area contributed by atoms with Gasteiger partial charge in [-0.2, -0.15) is 0 Å². The van der Waals surface area contributed by atoms with Crippen LogP contribution in [0.15, 0.2) is 18.2 Å². The molecule has 1 aromatic carbocycles. The van der Waals surface area contributed by atoms with E-state index in [4.69, 9.17) is 11.6 Å². The number of nitrogens with one attached hydrogen (secondary N) is 3. The maximum absolute atomic E-state index is 12.2. The molecule has 1 saturated heterocycles. The zero-order chi connectivity index (χ0) is 14.8. The van der Waals surface area contributed by atoms with Crippen LogP contribution >= 0.6 is 11.6 Å². The molecule has 0 aromatic heterocycles. The van der Waals surface area contributed by atoms with Crippen LogP contribution in [0.1, 0.15) is 20.3 Å². The highest BCUT2D eigenvalue weighted by Gasteiger charge is 2.36. The van der Waals surface area contributed by atoms with Crippen LogP contribution in [0, 0.1) is 5.41 Å². The van der Waals surface area contributed by atoms with Gasteiger partial charge in [0.15, 0.2) is 0 Å². The Bertz CT molecular complexity index is 539. The van der Waals surface area contributed by atoms with Crippen LogP contribution in [0.2, 0.25) is 5.02 Å². The molecule has 0 bridgehead atoms. The lowest BCUT2D eigenvalue weighted by atomic mass is 9.89. The molecule has 0 saturated carbocycles. The minimum Gasteiger partial charge on any atom is -0.326 e. The molecule has 1 aliphatic heterocycles. The number of anilines is 2. The van der Waals surface area contributed by atoms with E-state index in [9.17, 15) is 9.59 Å². The molecule has 1 aliphatic rings. The standard InChI is InChI=1S/C14H18ClN3O2/c1-9(19)17-12-4-3-10(7-11(12)15)18-13(20)14(2)5-6-16-8-14/h3-4,7,16H,5-6,8H2,1-2H3,(H,17,19)(H,18,20). The highest BCUT2D eigenvalue weighted by atomic mass is 35.5. The summed E-state index contributed by atoms with van der Waals surface area (Å²) in [5.41, 5.74) is 0.774. The summed E-state index contributed by atoms with van der Waals surface area (Å²) in [6, 6.07) is 5.03. The zero-order valence-corrected chi connectivity index (χ0v) is 12.3. The number of benzene rings is 1. The largest absolute Gasteiger partial charge is 0.326 e. The maximum Gasteiger partial charge on any atom is 0.231 e. The summed E-state index contributed by atoms with van der Waals surface area (Å²) in [4.78, 5) is 23.2. The van der Waals surface area contributed by atoms with Crippen LogP contribution in [-0.4, -0.2) is 24.9 Å². The third-order valence-electron chi connectivity index (χ3n) is 3.45. The summed E-state index contributed by atoms with van der Waals surface area (Å²) in [6.45, 7) is 4.89. The smallest absolute Gasteiger partial charge is 0.231 e. The van der Waals surface area contributed by atoms with E-state index in [0.717, 1.165) is 13.0 Å². The summed E-state index contributed by atoms with van der Waals surface area (Å²) in [5.74, 6) is -0.209. The van der Waals surface area contributed by atoms with Crippen molar-refractivity contribution in [3.63, 3.8) is 0 Å². The van der Waals surface area contributed by atoms with Gasteiger partial charge in [0.1, 0.15) is 0 Å². The molecule has 0 radical (unpaired) electrons. The first-order chi connectivity index (χ1) is 9.40. The van der Waals surface area contributed by atoms with Gasteiger partial charge in [0.05, 0.1) is 16.1 Å². The van der Waals surface area contributed by atoms with E-state index >= 15 is 0 Å². The Morgan fingerprint density at radius 3 is 2.65 bits per heavy atom. The first-order valence-corrected chi connectivity index (χ1v) is 6.88. The van der Waals surface area contributed by atoms with Gasteiger partial charge < -0.3 is 16.0 Å². The van der Waals surface area contributed by atoms with E-state index < -0.39 is 0 Å². The van der Waals surface area contributed by atoms with Gasteiger partial charge in [-0.25, -0.2) is 0 Å². The van der Waals surface area contributed by atoms with E-state index in [0.29, 0.717) is 22.9 Å². The van der Waals surface area contributed by atoms with Gasteiger partial charge in [0.2, 0.25) is 11.8 Å². The van der Waals surface area contributed by atoms with Crippen LogP contribution in [0.5, 0.6) is 0 Å². The summed E-state index contributed by atoms with van der Waals surface area (Å²) in [5, 5.41) is 9.08. The third kappa shape index (κ3) is 3.29. The van der Waals surface area contributed by atoms with E-state index in [2.05, 4.69) is 16.0 Å². The van der Waals surface area contributed by atoms with Crippen molar-refractivity contribution in [2.24, 2.45) is 5.41 Å². The molecule has 1 unspecified atom stereocenters. The third-order valence-corrected chi connectivity index (χ3v) is 3.77. The van der Waals surface area contributed by atoms with Crippen LogP contribution in [-0.2, 0) is 9.59 Å². The Morgan fingerprint density at radius 1 is 1.35 bits per heavy atom. The first-order valence-electron chi connectivity index (χ1n) is 6.50. The number of hydrogen-bond donors (Lipinski definition) is 3. The fraction of sp³-hybridized carbons (Fsp3) is 0.429. The molecule has 1 fully saturated rings.